The van der Waals surface area contributed by atoms with Crippen molar-refractivity contribution in [2.75, 3.05) is 11.5 Å². The van der Waals surface area contributed by atoms with Crippen molar-refractivity contribution in [2.45, 2.75) is 17.0 Å². The number of aromatic nitrogens is 2. The van der Waals surface area contributed by atoms with Crippen molar-refractivity contribution in [3.05, 3.63) is 47.8 Å². The molecular formula is C14H13N3O2S2. The highest BCUT2D eigenvalue weighted by molar-refractivity contribution is 8.00. The fourth-order valence-electron chi connectivity index (χ4n) is 1.57. The van der Waals surface area contributed by atoms with Crippen LogP contribution in [0.4, 0.5) is 0 Å². The molecule has 0 saturated heterocycles. The van der Waals surface area contributed by atoms with Crippen LogP contribution in [-0.2, 0) is 9.84 Å². The summed E-state index contributed by atoms with van der Waals surface area (Å²) in [6.45, 7) is 1.89. The average molecular weight is 319 g/mol. The third-order valence-electron chi connectivity index (χ3n) is 2.66. The third-order valence-corrected chi connectivity index (χ3v) is 5.51. The van der Waals surface area contributed by atoms with Crippen molar-refractivity contribution in [1.29, 1.82) is 5.26 Å². The van der Waals surface area contributed by atoms with E-state index < -0.39 is 9.84 Å². The van der Waals surface area contributed by atoms with Gasteiger partial charge in [-0.1, -0.05) is 17.8 Å². The first-order chi connectivity index (χ1) is 10.0. The van der Waals surface area contributed by atoms with Crippen molar-refractivity contribution < 1.29 is 8.42 Å². The number of nitriles is 1. The minimum atomic E-state index is -3.40. The van der Waals surface area contributed by atoms with E-state index in [-0.39, 0.29) is 10.6 Å². The van der Waals surface area contributed by atoms with E-state index in [1.165, 1.54) is 23.9 Å². The number of rotatable bonds is 5. The van der Waals surface area contributed by atoms with Gasteiger partial charge >= 0.3 is 0 Å². The summed E-state index contributed by atoms with van der Waals surface area (Å²) < 4.78 is 24.4. The highest BCUT2D eigenvalue weighted by Gasteiger charge is 2.15. The summed E-state index contributed by atoms with van der Waals surface area (Å²) in [6.07, 6.45) is 3.39. The van der Waals surface area contributed by atoms with Gasteiger partial charge in [-0.2, -0.15) is 5.26 Å². The fourth-order valence-corrected chi connectivity index (χ4v) is 4.05. The Hall–Kier alpha value is -1.91. The topological polar surface area (TPSA) is 83.7 Å². The lowest BCUT2D eigenvalue weighted by atomic mass is 10.2. The molecule has 0 aliphatic rings. The Labute approximate surface area is 128 Å². The predicted octanol–water partition coefficient (Wildman–Crippen LogP) is 2.22. The highest BCUT2D eigenvalue weighted by atomic mass is 32.2. The number of aryl methyl sites for hydroxylation is 1. The Morgan fingerprint density at radius 3 is 2.67 bits per heavy atom. The lowest BCUT2D eigenvalue weighted by Gasteiger charge is -2.04. The van der Waals surface area contributed by atoms with Gasteiger partial charge in [0.25, 0.3) is 0 Å². The maximum atomic E-state index is 12.2. The largest absolute Gasteiger partial charge is 0.231 e. The Kier molecular flexibility index (Phi) is 4.94. The smallest absolute Gasteiger partial charge is 0.187 e. The second-order valence-corrected chi connectivity index (χ2v) is 7.52. The van der Waals surface area contributed by atoms with Crippen molar-refractivity contribution in [3.63, 3.8) is 0 Å². The van der Waals surface area contributed by atoms with Crippen LogP contribution >= 0.6 is 11.8 Å². The molecule has 0 atom stereocenters. The van der Waals surface area contributed by atoms with Gasteiger partial charge in [0.15, 0.2) is 15.0 Å². The van der Waals surface area contributed by atoms with Crippen LogP contribution in [0.25, 0.3) is 0 Å². The molecule has 1 aromatic heterocycles. The molecule has 2 rings (SSSR count). The molecule has 0 amide bonds. The fraction of sp³-hybridized carbons (Fsp3) is 0.214. The van der Waals surface area contributed by atoms with E-state index in [4.69, 9.17) is 5.26 Å². The van der Waals surface area contributed by atoms with Crippen LogP contribution in [0, 0.1) is 18.3 Å². The zero-order chi connectivity index (χ0) is 15.3. The maximum Gasteiger partial charge on any atom is 0.187 e. The van der Waals surface area contributed by atoms with E-state index in [1.807, 2.05) is 13.0 Å². The van der Waals surface area contributed by atoms with Crippen molar-refractivity contribution >= 4 is 21.6 Å². The number of hydrogen-bond donors (Lipinski definition) is 0. The zero-order valence-corrected chi connectivity index (χ0v) is 13.0. The SMILES string of the molecule is Cc1cnc(SCCS(=O)(=O)c2cccc(C#N)c2)nc1. The summed E-state index contributed by atoms with van der Waals surface area (Å²) in [4.78, 5) is 8.40. The number of nitrogens with zero attached hydrogens (tertiary/aromatic N) is 3. The minimum Gasteiger partial charge on any atom is -0.231 e. The van der Waals surface area contributed by atoms with Crippen LogP contribution < -0.4 is 0 Å². The van der Waals surface area contributed by atoms with Gasteiger partial charge in [-0.05, 0) is 30.7 Å². The second kappa shape index (κ2) is 6.70. The summed E-state index contributed by atoms with van der Waals surface area (Å²) in [6, 6.07) is 7.98. The first-order valence-electron chi connectivity index (χ1n) is 6.15. The standard InChI is InChI=1S/C14H13N3O2S2/c1-11-9-16-14(17-10-11)20-5-6-21(18,19)13-4-2-3-12(7-13)8-15/h2-4,7,9-10H,5-6H2,1H3. The minimum absolute atomic E-state index is 0.0240. The Bertz CT molecular complexity index is 766. The molecule has 0 unspecified atom stereocenters. The molecule has 0 aliphatic carbocycles. The molecule has 0 spiro atoms. The second-order valence-electron chi connectivity index (χ2n) is 4.35. The van der Waals surface area contributed by atoms with E-state index in [0.717, 1.165) is 5.56 Å². The van der Waals surface area contributed by atoms with E-state index in [2.05, 4.69) is 9.97 Å². The normalized spacial score (nSPS) is 11.0. The van der Waals surface area contributed by atoms with Crippen LogP contribution in [0.15, 0.2) is 46.7 Å². The molecule has 108 valence electrons. The van der Waals surface area contributed by atoms with Crippen molar-refractivity contribution in [1.82, 2.24) is 9.97 Å². The molecule has 1 aromatic carbocycles. The van der Waals surface area contributed by atoms with E-state index in [0.29, 0.717) is 16.5 Å². The van der Waals surface area contributed by atoms with Crippen molar-refractivity contribution in [3.8, 4) is 6.07 Å². The van der Waals surface area contributed by atoms with Crippen LogP contribution in [0.1, 0.15) is 11.1 Å². The molecular weight excluding hydrogens is 306 g/mol. The van der Waals surface area contributed by atoms with Crippen LogP contribution in [-0.4, -0.2) is 29.9 Å². The Balaban J connectivity index is 2.01. The van der Waals surface area contributed by atoms with Crippen LogP contribution in [0.2, 0.25) is 0 Å². The summed E-state index contributed by atoms with van der Waals surface area (Å²) >= 11 is 1.29. The molecule has 1 heterocycles. The zero-order valence-electron chi connectivity index (χ0n) is 11.4. The molecule has 0 bridgehead atoms. The third kappa shape index (κ3) is 4.28. The first kappa shape index (κ1) is 15.5. The summed E-state index contributed by atoms with van der Waals surface area (Å²) in [7, 11) is -3.40. The Morgan fingerprint density at radius 2 is 2.00 bits per heavy atom. The molecule has 0 aliphatic heterocycles. The van der Waals surface area contributed by atoms with Gasteiger partial charge in [0.05, 0.1) is 22.3 Å². The summed E-state index contributed by atoms with van der Waals surface area (Å²) in [5, 5.41) is 9.37. The molecule has 0 fully saturated rings. The van der Waals surface area contributed by atoms with Gasteiger partial charge in [0, 0.05) is 18.1 Å². The van der Waals surface area contributed by atoms with Crippen LogP contribution in [0.3, 0.4) is 0 Å². The average Bonchev–Trinajstić information content (AvgIpc) is 2.49. The van der Waals surface area contributed by atoms with E-state index >= 15 is 0 Å². The lowest BCUT2D eigenvalue weighted by molar-refractivity contribution is 0.597. The number of hydrogen-bond acceptors (Lipinski definition) is 6. The van der Waals surface area contributed by atoms with Crippen molar-refractivity contribution in [2.24, 2.45) is 0 Å². The summed E-state index contributed by atoms with van der Waals surface area (Å²) in [5.74, 6) is 0.339. The summed E-state index contributed by atoms with van der Waals surface area (Å²) in [5.41, 5.74) is 1.30. The monoisotopic (exact) mass is 319 g/mol. The van der Waals surface area contributed by atoms with Gasteiger partial charge < -0.3 is 0 Å². The van der Waals surface area contributed by atoms with E-state index in [1.54, 1.807) is 24.5 Å². The molecule has 7 heteroatoms. The Morgan fingerprint density at radius 1 is 1.29 bits per heavy atom. The maximum absolute atomic E-state index is 12.2. The van der Waals surface area contributed by atoms with E-state index in [9.17, 15) is 8.42 Å². The molecule has 21 heavy (non-hydrogen) atoms. The van der Waals surface area contributed by atoms with Gasteiger partial charge in [-0.3, -0.25) is 0 Å². The van der Waals surface area contributed by atoms with Gasteiger partial charge in [-0.15, -0.1) is 0 Å². The van der Waals surface area contributed by atoms with Gasteiger partial charge in [0.1, 0.15) is 0 Å². The quantitative estimate of drug-likeness (QED) is 0.620. The molecule has 5 nitrogen and oxygen atoms in total. The molecule has 0 N–H and O–H groups in total. The number of thioether (sulfide) groups is 1. The first-order valence-corrected chi connectivity index (χ1v) is 8.79. The molecule has 0 saturated carbocycles. The van der Waals surface area contributed by atoms with Gasteiger partial charge in [0.2, 0.25) is 0 Å². The molecule has 0 radical (unpaired) electrons. The lowest BCUT2D eigenvalue weighted by Crippen LogP contribution is -2.09. The van der Waals surface area contributed by atoms with Crippen LogP contribution in [0.5, 0.6) is 0 Å². The van der Waals surface area contributed by atoms with Gasteiger partial charge in [-0.25, -0.2) is 18.4 Å². The number of sulfone groups is 1. The highest BCUT2D eigenvalue weighted by Crippen LogP contribution is 2.17. The predicted molar refractivity (Wildman–Crippen MR) is 80.7 cm³/mol. The number of benzene rings is 1. The molecule has 2 aromatic rings.